The highest BCUT2D eigenvalue weighted by molar-refractivity contribution is 7.51. The van der Waals surface area contributed by atoms with Crippen molar-refractivity contribution in [3.05, 3.63) is 43.2 Å². The molecule has 2 heterocycles. The van der Waals surface area contributed by atoms with Gasteiger partial charge in [-0.2, -0.15) is 0 Å². The van der Waals surface area contributed by atoms with E-state index < -0.39 is 25.8 Å². The van der Waals surface area contributed by atoms with Gasteiger partial charge in [0.1, 0.15) is 11.8 Å². The molecule has 0 saturated heterocycles. The van der Waals surface area contributed by atoms with Gasteiger partial charge in [0.2, 0.25) is 0 Å². The van der Waals surface area contributed by atoms with Crippen molar-refractivity contribution in [3.63, 3.8) is 0 Å². The second-order valence-corrected chi connectivity index (χ2v) is 6.86. The molecule has 0 aliphatic carbocycles. The molecule has 0 saturated carbocycles. The summed E-state index contributed by atoms with van der Waals surface area (Å²) >= 11 is 0. The highest BCUT2D eigenvalue weighted by atomic mass is 31.2. The molecule has 2 aromatic rings. The lowest BCUT2D eigenvalue weighted by atomic mass is 10.0. The topological polar surface area (TPSA) is 110 Å². The van der Waals surface area contributed by atoms with Gasteiger partial charge < -0.3 is 19.1 Å². The van der Waals surface area contributed by atoms with Crippen LogP contribution in [0.25, 0.3) is 11.2 Å². The minimum atomic E-state index is -4.54. The summed E-state index contributed by atoms with van der Waals surface area (Å²) in [5.41, 5.74) is 1.62. The maximum Gasteiger partial charge on any atom is 0.351 e. The van der Waals surface area contributed by atoms with Crippen LogP contribution < -0.4 is 0 Å². The van der Waals surface area contributed by atoms with Crippen LogP contribution in [0.1, 0.15) is 18.7 Å². The molecular formula is C14H18FN4O4P. The molecule has 0 aliphatic rings. The number of alkyl halides is 1. The standard InChI is InChI=1S/C14H18FN4O4P/c1-5-14(15,23-8-24(20,21)22)9(2)11(4)19-7-18-12-10(3)16-6-17-13(12)19/h5-7,11H,1-2,8H2,3-4H3,(H2,20,21,22)/t11-,14+/m1/s1. The molecule has 10 heteroatoms. The first-order valence-corrected chi connectivity index (χ1v) is 8.73. The van der Waals surface area contributed by atoms with E-state index in [0.717, 1.165) is 6.08 Å². The smallest absolute Gasteiger partial charge is 0.326 e. The predicted molar refractivity (Wildman–Crippen MR) is 85.9 cm³/mol. The molecule has 8 nitrogen and oxygen atoms in total. The average Bonchev–Trinajstić information content (AvgIpc) is 2.96. The zero-order valence-electron chi connectivity index (χ0n) is 13.3. The van der Waals surface area contributed by atoms with Crippen molar-refractivity contribution in [2.75, 3.05) is 6.35 Å². The fourth-order valence-electron chi connectivity index (χ4n) is 2.17. The first-order chi connectivity index (χ1) is 11.1. The van der Waals surface area contributed by atoms with Gasteiger partial charge in [-0.05, 0) is 19.9 Å². The number of hydrogen-bond donors (Lipinski definition) is 2. The molecule has 0 spiro atoms. The van der Waals surface area contributed by atoms with Crippen LogP contribution in [0.15, 0.2) is 37.5 Å². The second kappa shape index (κ2) is 6.52. The van der Waals surface area contributed by atoms with Crippen LogP contribution in [0.4, 0.5) is 4.39 Å². The number of imidazole rings is 1. The lowest BCUT2D eigenvalue weighted by Crippen LogP contribution is -2.31. The summed E-state index contributed by atoms with van der Waals surface area (Å²) in [5.74, 6) is -2.61. The molecule has 0 aromatic carbocycles. The second-order valence-electron chi connectivity index (χ2n) is 5.27. The first-order valence-electron chi connectivity index (χ1n) is 6.93. The molecule has 0 fully saturated rings. The normalized spacial score (nSPS) is 15.9. The van der Waals surface area contributed by atoms with E-state index in [-0.39, 0.29) is 5.57 Å². The summed E-state index contributed by atoms with van der Waals surface area (Å²) in [4.78, 5) is 30.1. The zero-order valence-corrected chi connectivity index (χ0v) is 14.2. The van der Waals surface area contributed by atoms with Crippen molar-refractivity contribution >= 4 is 18.8 Å². The molecule has 0 aliphatic heterocycles. The quantitative estimate of drug-likeness (QED) is 0.578. The summed E-state index contributed by atoms with van der Waals surface area (Å²) < 4.78 is 32.2. The Labute approximate surface area is 137 Å². The SMILES string of the molecule is C=C[C@](F)(OCP(=O)(O)O)C(=C)[C@@H](C)n1cnc2c(C)ncnc21. The highest BCUT2D eigenvalue weighted by Gasteiger charge is 2.37. The zero-order chi connectivity index (χ0) is 18.1. The third kappa shape index (κ3) is 3.59. The Morgan fingerprint density at radius 3 is 2.79 bits per heavy atom. The van der Waals surface area contributed by atoms with Crippen LogP contribution in [0.2, 0.25) is 0 Å². The van der Waals surface area contributed by atoms with E-state index in [4.69, 9.17) is 14.5 Å². The van der Waals surface area contributed by atoms with E-state index in [0.29, 0.717) is 16.9 Å². The van der Waals surface area contributed by atoms with Gasteiger partial charge in [0.25, 0.3) is 5.85 Å². The summed E-state index contributed by atoms with van der Waals surface area (Å²) in [7, 11) is -4.54. The number of aryl methyl sites for hydroxylation is 1. The fraction of sp³-hybridized carbons (Fsp3) is 0.357. The number of ether oxygens (including phenoxy) is 1. The third-order valence-corrected chi connectivity index (χ3v) is 4.07. The average molecular weight is 356 g/mol. The van der Waals surface area contributed by atoms with Crippen molar-refractivity contribution < 1.29 is 23.5 Å². The molecule has 2 N–H and O–H groups in total. The lowest BCUT2D eigenvalue weighted by Gasteiger charge is -2.29. The Kier molecular flexibility index (Phi) is 5.00. The van der Waals surface area contributed by atoms with Crippen LogP contribution in [0.3, 0.4) is 0 Å². The summed E-state index contributed by atoms with van der Waals surface area (Å²) in [6, 6.07) is -0.663. The van der Waals surface area contributed by atoms with Crippen molar-refractivity contribution in [1.82, 2.24) is 19.5 Å². The Morgan fingerprint density at radius 1 is 1.54 bits per heavy atom. The Balaban J connectivity index is 2.34. The fourth-order valence-corrected chi connectivity index (χ4v) is 2.52. The van der Waals surface area contributed by atoms with Gasteiger partial charge in [-0.15, -0.1) is 0 Å². The molecule has 130 valence electrons. The first kappa shape index (κ1) is 18.4. The van der Waals surface area contributed by atoms with Crippen LogP contribution >= 0.6 is 7.60 Å². The van der Waals surface area contributed by atoms with E-state index in [1.54, 1.807) is 18.4 Å². The van der Waals surface area contributed by atoms with Gasteiger partial charge in [-0.25, -0.2) is 19.3 Å². The third-order valence-electron chi connectivity index (χ3n) is 3.61. The van der Waals surface area contributed by atoms with Gasteiger partial charge in [0.15, 0.2) is 12.0 Å². The van der Waals surface area contributed by atoms with Gasteiger partial charge in [-0.1, -0.05) is 13.2 Å². The molecule has 2 atom stereocenters. The molecule has 24 heavy (non-hydrogen) atoms. The van der Waals surface area contributed by atoms with Crippen molar-refractivity contribution in [1.29, 1.82) is 0 Å². The number of aromatic nitrogens is 4. The van der Waals surface area contributed by atoms with Crippen LogP contribution in [-0.2, 0) is 9.30 Å². The molecule has 2 rings (SSSR count). The number of nitrogens with zero attached hydrogens (tertiary/aromatic N) is 4. The number of fused-ring (bicyclic) bond motifs is 1. The Morgan fingerprint density at radius 2 is 2.21 bits per heavy atom. The van der Waals surface area contributed by atoms with Gasteiger partial charge >= 0.3 is 7.60 Å². The van der Waals surface area contributed by atoms with E-state index in [1.165, 1.54) is 12.7 Å². The molecule has 2 aromatic heterocycles. The maximum absolute atomic E-state index is 14.9. The van der Waals surface area contributed by atoms with E-state index in [9.17, 15) is 8.96 Å². The summed E-state index contributed by atoms with van der Waals surface area (Å²) in [5, 5.41) is 0. The molecule has 0 unspecified atom stereocenters. The highest BCUT2D eigenvalue weighted by Crippen LogP contribution is 2.40. The van der Waals surface area contributed by atoms with E-state index in [2.05, 4.69) is 28.1 Å². The van der Waals surface area contributed by atoms with Crippen LogP contribution in [0.5, 0.6) is 0 Å². The van der Waals surface area contributed by atoms with Gasteiger partial charge in [0.05, 0.1) is 18.1 Å². The van der Waals surface area contributed by atoms with Gasteiger partial charge in [0, 0.05) is 5.57 Å². The minimum Gasteiger partial charge on any atom is -0.326 e. The largest absolute Gasteiger partial charge is 0.351 e. The lowest BCUT2D eigenvalue weighted by molar-refractivity contribution is -0.0666. The maximum atomic E-state index is 14.9. The van der Waals surface area contributed by atoms with Crippen LogP contribution in [-0.4, -0.2) is 41.5 Å². The predicted octanol–water partition coefficient (Wildman–Crippen LogP) is 2.26. The van der Waals surface area contributed by atoms with Crippen LogP contribution in [0, 0.1) is 6.92 Å². The Hall–Kier alpha value is -1.93. The van der Waals surface area contributed by atoms with Crippen molar-refractivity contribution in [2.24, 2.45) is 0 Å². The summed E-state index contributed by atoms with van der Waals surface area (Å²) in [6.07, 6.45) is 2.55. The molecule has 0 amide bonds. The molecule has 0 bridgehead atoms. The molecular weight excluding hydrogens is 338 g/mol. The summed E-state index contributed by atoms with van der Waals surface area (Å²) in [6.45, 7) is 10.4. The molecule has 0 radical (unpaired) electrons. The van der Waals surface area contributed by atoms with Crippen molar-refractivity contribution in [2.45, 2.75) is 25.7 Å². The number of hydrogen-bond acceptors (Lipinski definition) is 5. The van der Waals surface area contributed by atoms with E-state index in [1.807, 2.05) is 0 Å². The minimum absolute atomic E-state index is 0.0958. The number of halogens is 1. The van der Waals surface area contributed by atoms with Crippen molar-refractivity contribution in [3.8, 4) is 0 Å². The van der Waals surface area contributed by atoms with Gasteiger partial charge in [-0.3, -0.25) is 4.57 Å². The number of rotatable bonds is 7. The van der Waals surface area contributed by atoms with E-state index >= 15 is 0 Å². The Bertz CT molecular complexity index is 833. The monoisotopic (exact) mass is 356 g/mol.